The van der Waals surface area contributed by atoms with Gasteiger partial charge in [0.15, 0.2) is 0 Å². The van der Waals surface area contributed by atoms with E-state index >= 15 is 0 Å². The van der Waals surface area contributed by atoms with E-state index in [4.69, 9.17) is 17.3 Å². The monoisotopic (exact) mass is 272 g/mol. The number of aromatic nitrogens is 3. The van der Waals surface area contributed by atoms with Crippen LogP contribution in [0.2, 0.25) is 5.02 Å². The minimum Gasteiger partial charge on any atom is -0.397 e. The molecule has 0 saturated carbocycles. The molecule has 2 aromatic carbocycles. The number of halogens is 1. The smallest absolute Gasteiger partial charge is 0.115 e. The van der Waals surface area contributed by atoms with Gasteiger partial charge in [-0.15, -0.1) is 10.2 Å². The summed E-state index contributed by atoms with van der Waals surface area (Å²) < 4.78 is 0. The van der Waals surface area contributed by atoms with Gasteiger partial charge in [-0.1, -0.05) is 30.7 Å². The number of nitrogens with two attached hydrogens (primary N) is 1. The summed E-state index contributed by atoms with van der Waals surface area (Å²) >= 11 is 5.98. The molecular weight excluding hydrogens is 260 g/mol. The van der Waals surface area contributed by atoms with Crippen LogP contribution in [0.1, 0.15) is 12.5 Å². The Morgan fingerprint density at radius 3 is 2.37 bits per heavy atom. The van der Waals surface area contributed by atoms with E-state index in [1.165, 1.54) is 5.56 Å². The lowest BCUT2D eigenvalue weighted by Gasteiger charge is -2.00. The molecule has 1 heterocycles. The van der Waals surface area contributed by atoms with Crippen LogP contribution in [0.25, 0.3) is 16.7 Å². The number of hydrogen-bond donors (Lipinski definition) is 1. The quantitative estimate of drug-likeness (QED) is 0.729. The van der Waals surface area contributed by atoms with Gasteiger partial charge in [0.25, 0.3) is 0 Å². The van der Waals surface area contributed by atoms with Crippen molar-refractivity contribution in [3.8, 4) is 5.69 Å². The molecule has 3 aromatic rings. The van der Waals surface area contributed by atoms with Crippen LogP contribution in [0.5, 0.6) is 0 Å². The van der Waals surface area contributed by atoms with Crippen LogP contribution < -0.4 is 5.73 Å². The molecule has 0 aliphatic heterocycles. The first-order chi connectivity index (χ1) is 9.17. The lowest BCUT2D eigenvalue weighted by molar-refractivity contribution is 0.765. The van der Waals surface area contributed by atoms with Crippen molar-refractivity contribution < 1.29 is 0 Å². The van der Waals surface area contributed by atoms with Crippen LogP contribution in [0.4, 0.5) is 5.69 Å². The number of aryl methyl sites for hydroxylation is 1. The summed E-state index contributed by atoms with van der Waals surface area (Å²) in [6, 6.07) is 11.6. The molecule has 96 valence electrons. The number of fused-ring (bicyclic) bond motifs is 1. The number of rotatable bonds is 2. The SMILES string of the molecule is CCc1ccc(-n2nc3cc(N)c(Cl)cc3n2)cc1. The van der Waals surface area contributed by atoms with E-state index < -0.39 is 0 Å². The van der Waals surface area contributed by atoms with Crippen LogP contribution >= 0.6 is 11.6 Å². The maximum atomic E-state index is 5.98. The van der Waals surface area contributed by atoms with Crippen molar-refractivity contribution in [3.05, 3.63) is 47.0 Å². The predicted molar refractivity (Wildman–Crippen MR) is 77.7 cm³/mol. The Labute approximate surface area is 115 Å². The van der Waals surface area contributed by atoms with E-state index in [9.17, 15) is 0 Å². The van der Waals surface area contributed by atoms with Crippen molar-refractivity contribution in [3.63, 3.8) is 0 Å². The van der Waals surface area contributed by atoms with Gasteiger partial charge in [-0.2, -0.15) is 4.80 Å². The molecule has 0 aliphatic carbocycles. The summed E-state index contributed by atoms with van der Waals surface area (Å²) in [6.07, 6.45) is 1.01. The Hall–Kier alpha value is -2.07. The van der Waals surface area contributed by atoms with Gasteiger partial charge in [0.1, 0.15) is 11.0 Å². The number of anilines is 1. The molecule has 0 atom stereocenters. The van der Waals surface area contributed by atoms with Crippen molar-refractivity contribution in [1.82, 2.24) is 15.0 Å². The zero-order valence-corrected chi connectivity index (χ0v) is 11.2. The average Bonchev–Trinajstić information content (AvgIpc) is 2.82. The molecule has 0 fully saturated rings. The summed E-state index contributed by atoms with van der Waals surface area (Å²) in [6.45, 7) is 2.13. The second-order valence-electron chi connectivity index (χ2n) is 4.37. The van der Waals surface area contributed by atoms with E-state index in [0.717, 1.165) is 23.1 Å². The number of hydrogen-bond acceptors (Lipinski definition) is 3. The highest BCUT2D eigenvalue weighted by Crippen LogP contribution is 2.24. The second kappa shape index (κ2) is 4.55. The molecule has 0 radical (unpaired) electrons. The normalized spacial score (nSPS) is 11.1. The highest BCUT2D eigenvalue weighted by molar-refractivity contribution is 6.33. The van der Waals surface area contributed by atoms with E-state index in [2.05, 4.69) is 29.3 Å². The molecule has 2 N–H and O–H groups in total. The van der Waals surface area contributed by atoms with Gasteiger partial charge >= 0.3 is 0 Å². The molecule has 1 aromatic heterocycles. The van der Waals surface area contributed by atoms with Crippen LogP contribution in [0, 0.1) is 0 Å². The van der Waals surface area contributed by atoms with Gasteiger partial charge in [-0.05, 0) is 36.2 Å². The molecule has 0 unspecified atom stereocenters. The van der Waals surface area contributed by atoms with Crippen LogP contribution in [0.3, 0.4) is 0 Å². The minimum absolute atomic E-state index is 0.501. The van der Waals surface area contributed by atoms with Crippen LogP contribution in [-0.4, -0.2) is 15.0 Å². The Kier molecular flexibility index (Phi) is 2.87. The Balaban J connectivity index is 2.09. The lowest BCUT2D eigenvalue weighted by Crippen LogP contribution is -1.98. The largest absolute Gasteiger partial charge is 0.397 e. The molecule has 0 saturated heterocycles. The molecule has 19 heavy (non-hydrogen) atoms. The molecule has 0 aliphatic rings. The summed E-state index contributed by atoms with van der Waals surface area (Å²) in [4.78, 5) is 1.60. The summed E-state index contributed by atoms with van der Waals surface area (Å²) in [5.41, 5.74) is 9.96. The first-order valence-corrected chi connectivity index (χ1v) is 6.46. The predicted octanol–water partition coefficient (Wildman–Crippen LogP) is 3.22. The third-order valence-corrected chi connectivity index (χ3v) is 3.40. The Bertz CT molecular complexity index is 692. The number of nitrogen functional groups attached to an aromatic ring is 1. The molecule has 3 rings (SSSR count). The van der Waals surface area contributed by atoms with Gasteiger partial charge in [0.2, 0.25) is 0 Å². The second-order valence-corrected chi connectivity index (χ2v) is 4.78. The van der Waals surface area contributed by atoms with Gasteiger partial charge in [-0.3, -0.25) is 0 Å². The molecule has 0 spiro atoms. The van der Waals surface area contributed by atoms with Gasteiger partial charge in [0, 0.05) is 0 Å². The maximum absolute atomic E-state index is 5.98. The standard InChI is InChI=1S/C14H13ClN4/c1-2-9-3-5-10(6-4-9)19-17-13-7-11(15)12(16)8-14(13)18-19/h3-8H,2,16H2,1H3. The highest BCUT2D eigenvalue weighted by atomic mass is 35.5. The molecular formula is C14H13ClN4. The molecule has 5 heteroatoms. The van der Waals surface area contributed by atoms with Gasteiger partial charge in [0.05, 0.1) is 16.4 Å². The Morgan fingerprint density at radius 1 is 1.11 bits per heavy atom. The lowest BCUT2D eigenvalue weighted by atomic mass is 10.2. The fourth-order valence-corrected chi connectivity index (χ4v) is 2.09. The fourth-order valence-electron chi connectivity index (χ4n) is 1.93. The molecule has 0 amide bonds. The summed E-state index contributed by atoms with van der Waals surface area (Å²) in [5.74, 6) is 0. The van der Waals surface area contributed by atoms with Crippen molar-refractivity contribution in [2.45, 2.75) is 13.3 Å². The summed E-state index contributed by atoms with van der Waals surface area (Å²) in [7, 11) is 0. The topological polar surface area (TPSA) is 56.7 Å². The van der Waals surface area contributed by atoms with Crippen molar-refractivity contribution in [2.24, 2.45) is 0 Å². The van der Waals surface area contributed by atoms with E-state index in [1.54, 1.807) is 16.9 Å². The first kappa shape index (κ1) is 12.0. The summed E-state index contributed by atoms with van der Waals surface area (Å²) in [5, 5.41) is 9.31. The number of benzene rings is 2. The van der Waals surface area contributed by atoms with E-state index in [0.29, 0.717) is 10.7 Å². The first-order valence-electron chi connectivity index (χ1n) is 6.09. The third-order valence-electron chi connectivity index (χ3n) is 3.07. The van der Waals surface area contributed by atoms with Crippen molar-refractivity contribution >= 4 is 28.3 Å². The highest BCUT2D eigenvalue weighted by Gasteiger charge is 2.07. The average molecular weight is 273 g/mol. The van der Waals surface area contributed by atoms with E-state index in [1.807, 2.05) is 12.1 Å². The van der Waals surface area contributed by atoms with Crippen molar-refractivity contribution in [2.75, 3.05) is 5.73 Å². The molecule has 4 nitrogen and oxygen atoms in total. The van der Waals surface area contributed by atoms with Crippen molar-refractivity contribution in [1.29, 1.82) is 0 Å². The van der Waals surface area contributed by atoms with Gasteiger partial charge in [-0.25, -0.2) is 0 Å². The third kappa shape index (κ3) is 2.15. The van der Waals surface area contributed by atoms with E-state index in [-0.39, 0.29) is 0 Å². The number of nitrogens with zero attached hydrogens (tertiary/aromatic N) is 3. The zero-order chi connectivity index (χ0) is 13.4. The maximum Gasteiger partial charge on any atom is 0.115 e. The minimum atomic E-state index is 0.501. The molecule has 0 bridgehead atoms. The fraction of sp³-hybridized carbons (Fsp3) is 0.143. The van der Waals surface area contributed by atoms with Crippen LogP contribution in [-0.2, 0) is 6.42 Å². The van der Waals surface area contributed by atoms with Crippen LogP contribution in [0.15, 0.2) is 36.4 Å². The van der Waals surface area contributed by atoms with Gasteiger partial charge < -0.3 is 5.73 Å². The Morgan fingerprint density at radius 2 is 1.74 bits per heavy atom. The zero-order valence-electron chi connectivity index (χ0n) is 10.5.